The highest BCUT2D eigenvalue weighted by Crippen LogP contribution is 2.42. The van der Waals surface area contributed by atoms with Crippen molar-refractivity contribution < 1.29 is 14.2 Å². The Balaban J connectivity index is 1.76. The third kappa shape index (κ3) is 3.49. The summed E-state index contributed by atoms with van der Waals surface area (Å²) in [5.41, 5.74) is 2.32. The average molecular weight is 298 g/mol. The van der Waals surface area contributed by atoms with Gasteiger partial charge in [-0.1, -0.05) is 48.5 Å². The van der Waals surface area contributed by atoms with Crippen molar-refractivity contribution in [1.29, 1.82) is 0 Å². The summed E-state index contributed by atoms with van der Waals surface area (Å²) in [6, 6.07) is 18.5. The fraction of sp³-hybridized carbons (Fsp3) is 0.368. The molecule has 0 amide bonds. The topological polar surface area (TPSA) is 27.7 Å². The molecule has 0 N–H and O–H groups in total. The molecule has 3 heteroatoms. The van der Waals surface area contributed by atoms with Crippen molar-refractivity contribution >= 4 is 0 Å². The van der Waals surface area contributed by atoms with E-state index in [1.807, 2.05) is 43.3 Å². The lowest BCUT2D eigenvalue weighted by molar-refractivity contribution is -0.0261. The van der Waals surface area contributed by atoms with Crippen molar-refractivity contribution in [2.24, 2.45) is 0 Å². The van der Waals surface area contributed by atoms with Crippen LogP contribution in [0.1, 0.15) is 36.7 Å². The van der Waals surface area contributed by atoms with Crippen LogP contribution in [0.3, 0.4) is 0 Å². The van der Waals surface area contributed by atoms with Gasteiger partial charge < -0.3 is 14.2 Å². The summed E-state index contributed by atoms with van der Waals surface area (Å²) in [4.78, 5) is 0. The quantitative estimate of drug-likeness (QED) is 0.744. The molecule has 0 radical (unpaired) electrons. The molecular formula is C19H22O3. The number of fused-ring (bicyclic) bond motifs is 1. The van der Waals surface area contributed by atoms with Crippen LogP contribution < -0.4 is 4.74 Å². The van der Waals surface area contributed by atoms with Crippen molar-refractivity contribution in [3.63, 3.8) is 0 Å². The van der Waals surface area contributed by atoms with Gasteiger partial charge in [-0.15, -0.1) is 0 Å². The van der Waals surface area contributed by atoms with Gasteiger partial charge in [0.1, 0.15) is 11.9 Å². The molecule has 0 fully saturated rings. The minimum atomic E-state index is 0.0354. The minimum absolute atomic E-state index is 0.0354. The zero-order valence-corrected chi connectivity index (χ0v) is 12.9. The maximum atomic E-state index is 6.16. The van der Waals surface area contributed by atoms with E-state index >= 15 is 0 Å². The van der Waals surface area contributed by atoms with Crippen molar-refractivity contribution in [3.05, 3.63) is 65.7 Å². The number of para-hydroxylation sites is 1. The smallest absolute Gasteiger partial charge is 0.127 e. The Morgan fingerprint density at radius 3 is 2.59 bits per heavy atom. The molecule has 2 atom stereocenters. The van der Waals surface area contributed by atoms with Crippen LogP contribution in [0.5, 0.6) is 5.75 Å². The van der Waals surface area contributed by atoms with Crippen molar-refractivity contribution in [2.45, 2.75) is 25.6 Å². The summed E-state index contributed by atoms with van der Waals surface area (Å²) in [5, 5.41) is 0. The first-order valence-electron chi connectivity index (χ1n) is 7.88. The summed E-state index contributed by atoms with van der Waals surface area (Å²) in [6.07, 6.45) is 0.913. The van der Waals surface area contributed by atoms with Crippen LogP contribution in [0.4, 0.5) is 0 Å². The van der Waals surface area contributed by atoms with Crippen molar-refractivity contribution in [1.82, 2.24) is 0 Å². The van der Waals surface area contributed by atoms with Gasteiger partial charge in [-0.05, 0) is 18.6 Å². The Morgan fingerprint density at radius 2 is 1.77 bits per heavy atom. The lowest BCUT2D eigenvalue weighted by Crippen LogP contribution is -2.22. The van der Waals surface area contributed by atoms with Gasteiger partial charge in [0.15, 0.2) is 0 Å². The van der Waals surface area contributed by atoms with Gasteiger partial charge in [-0.25, -0.2) is 0 Å². The van der Waals surface area contributed by atoms with Gasteiger partial charge in [0.05, 0.1) is 19.3 Å². The molecule has 22 heavy (non-hydrogen) atoms. The van der Waals surface area contributed by atoms with Crippen LogP contribution in [-0.4, -0.2) is 19.8 Å². The lowest BCUT2D eigenvalue weighted by Gasteiger charge is -2.32. The highest BCUT2D eigenvalue weighted by molar-refractivity contribution is 5.38. The largest absolute Gasteiger partial charge is 0.485 e. The van der Waals surface area contributed by atoms with Gasteiger partial charge in [0.2, 0.25) is 0 Å². The van der Waals surface area contributed by atoms with Gasteiger partial charge in [0, 0.05) is 18.6 Å². The molecule has 2 aromatic rings. The molecule has 0 spiro atoms. The molecule has 3 nitrogen and oxygen atoms in total. The number of hydrogen-bond donors (Lipinski definition) is 0. The third-order valence-corrected chi connectivity index (χ3v) is 3.89. The molecule has 1 aliphatic heterocycles. The van der Waals surface area contributed by atoms with Crippen LogP contribution in [-0.2, 0) is 9.47 Å². The summed E-state index contributed by atoms with van der Waals surface area (Å²) in [7, 11) is 0. The predicted molar refractivity (Wildman–Crippen MR) is 86.1 cm³/mol. The number of rotatable bonds is 6. The molecular weight excluding hydrogens is 276 g/mol. The first-order valence-corrected chi connectivity index (χ1v) is 7.88. The van der Waals surface area contributed by atoms with Crippen molar-refractivity contribution in [2.75, 3.05) is 19.8 Å². The first-order chi connectivity index (χ1) is 10.9. The van der Waals surface area contributed by atoms with E-state index < -0.39 is 0 Å². The summed E-state index contributed by atoms with van der Waals surface area (Å²) in [6.45, 7) is 3.95. The Labute approximate surface area is 131 Å². The van der Waals surface area contributed by atoms with E-state index in [1.54, 1.807) is 0 Å². The second kappa shape index (κ2) is 7.43. The number of benzene rings is 2. The van der Waals surface area contributed by atoms with Gasteiger partial charge in [-0.2, -0.15) is 0 Å². The molecule has 0 aliphatic carbocycles. The fourth-order valence-corrected chi connectivity index (χ4v) is 2.80. The fourth-order valence-electron chi connectivity index (χ4n) is 2.80. The second-order valence-electron chi connectivity index (χ2n) is 5.35. The van der Waals surface area contributed by atoms with E-state index in [1.165, 1.54) is 5.56 Å². The molecule has 1 heterocycles. The zero-order valence-electron chi connectivity index (χ0n) is 12.9. The molecule has 0 aromatic heterocycles. The molecule has 116 valence electrons. The van der Waals surface area contributed by atoms with Crippen LogP contribution in [0, 0.1) is 0 Å². The molecule has 2 aromatic carbocycles. The SMILES string of the molecule is CCOCCOC1CC(c2ccccc2)Oc2ccccc21. The van der Waals surface area contributed by atoms with E-state index in [9.17, 15) is 0 Å². The average Bonchev–Trinajstić information content (AvgIpc) is 2.59. The first kappa shape index (κ1) is 15.1. The third-order valence-electron chi connectivity index (χ3n) is 3.89. The highest BCUT2D eigenvalue weighted by Gasteiger charge is 2.29. The van der Waals surface area contributed by atoms with Gasteiger partial charge in [0.25, 0.3) is 0 Å². The van der Waals surface area contributed by atoms with E-state index in [2.05, 4.69) is 18.2 Å². The van der Waals surface area contributed by atoms with Crippen LogP contribution in [0.2, 0.25) is 0 Å². The molecule has 2 unspecified atom stereocenters. The number of ether oxygens (including phenoxy) is 3. The van der Waals surface area contributed by atoms with Crippen molar-refractivity contribution in [3.8, 4) is 5.75 Å². The van der Waals surface area contributed by atoms with Gasteiger partial charge >= 0.3 is 0 Å². The standard InChI is InChI=1S/C19H22O3/c1-2-20-12-13-21-19-14-18(15-8-4-3-5-9-15)22-17-11-7-6-10-16(17)19/h3-11,18-19H,2,12-14H2,1H3. The monoisotopic (exact) mass is 298 g/mol. The molecule has 0 saturated carbocycles. The zero-order chi connectivity index (χ0) is 15.2. The highest BCUT2D eigenvalue weighted by atomic mass is 16.5. The predicted octanol–water partition coefficient (Wildman–Crippen LogP) is 4.30. The van der Waals surface area contributed by atoms with Crippen LogP contribution in [0.15, 0.2) is 54.6 Å². The molecule has 1 aliphatic rings. The molecule has 3 rings (SSSR count). The number of hydrogen-bond acceptors (Lipinski definition) is 3. The van der Waals surface area contributed by atoms with Gasteiger partial charge in [-0.3, -0.25) is 0 Å². The Kier molecular flexibility index (Phi) is 5.09. The van der Waals surface area contributed by atoms with Crippen LogP contribution >= 0.6 is 0 Å². The maximum Gasteiger partial charge on any atom is 0.127 e. The Hall–Kier alpha value is -1.84. The summed E-state index contributed by atoms with van der Waals surface area (Å²) < 4.78 is 17.6. The van der Waals surface area contributed by atoms with Crippen LogP contribution in [0.25, 0.3) is 0 Å². The van der Waals surface area contributed by atoms with E-state index in [0.29, 0.717) is 13.2 Å². The molecule has 0 saturated heterocycles. The summed E-state index contributed by atoms with van der Waals surface area (Å²) >= 11 is 0. The second-order valence-corrected chi connectivity index (χ2v) is 5.35. The van der Waals surface area contributed by atoms with E-state index in [-0.39, 0.29) is 12.2 Å². The summed E-state index contributed by atoms with van der Waals surface area (Å²) in [5.74, 6) is 0.920. The molecule has 0 bridgehead atoms. The minimum Gasteiger partial charge on any atom is -0.485 e. The normalized spacial score (nSPS) is 20.2. The lowest BCUT2D eigenvalue weighted by atomic mass is 9.95. The Bertz CT molecular complexity index is 582. The maximum absolute atomic E-state index is 6.16. The Morgan fingerprint density at radius 1 is 1.00 bits per heavy atom. The van der Waals surface area contributed by atoms with E-state index in [4.69, 9.17) is 14.2 Å². The van der Waals surface area contributed by atoms with E-state index in [0.717, 1.165) is 24.3 Å².